The summed E-state index contributed by atoms with van der Waals surface area (Å²) in [4.78, 5) is 25.6. The molecule has 0 radical (unpaired) electrons. The maximum absolute atomic E-state index is 13.4. The monoisotopic (exact) mass is 396 g/mol. The van der Waals surface area contributed by atoms with E-state index >= 15 is 0 Å². The smallest absolute Gasteiger partial charge is 0.335 e. The average molecular weight is 396 g/mol. The minimum atomic E-state index is -0.496. The molecule has 4 aliphatic carbocycles. The quantitative estimate of drug-likeness (QED) is 0.580. The van der Waals surface area contributed by atoms with Crippen LogP contribution in [0.4, 0.5) is 4.39 Å². The maximum Gasteiger partial charge on any atom is 0.335 e. The minimum Gasteiger partial charge on any atom is -0.466 e. The van der Waals surface area contributed by atoms with Gasteiger partial charge < -0.3 is 14.2 Å². The average Bonchev–Trinajstić information content (AvgIpc) is 3.03. The molecule has 29 heavy (non-hydrogen) atoms. The van der Waals surface area contributed by atoms with Crippen LogP contribution in [-0.2, 0) is 23.8 Å². The van der Waals surface area contributed by atoms with E-state index in [0.29, 0.717) is 23.0 Å². The normalized spacial score (nSPS) is 40.0. The number of carbonyl (C=O) groups is 2. The molecule has 0 N–H and O–H groups in total. The van der Waals surface area contributed by atoms with Gasteiger partial charge in [0.15, 0.2) is 0 Å². The van der Waals surface area contributed by atoms with E-state index in [0.717, 1.165) is 30.4 Å². The predicted molar refractivity (Wildman–Crippen MR) is 99.8 cm³/mol. The number of fused-ring (bicyclic) bond motifs is 4. The van der Waals surface area contributed by atoms with Crippen molar-refractivity contribution in [2.75, 3.05) is 14.2 Å². The molecule has 1 aromatic carbocycles. The highest BCUT2D eigenvalue weighted by molar-refractivity contribution is 6.06. The lowest BCUT2D eigenvalue weighted by atomic mass is 9.69. The summed E-state index contributed by atoms with van der Waals surface area (Å²) in [5, 5.41) is 0. The van der Waals surface area contributed by atoms with Crippen molar-refractivity contribution >= 4 is 18.0 Å². The molecule has 6 heteroatoms. The molecule has 0 spiro atoms. The van der Waals surface area contributed by atoms with Crippen molar-refractivity contribution in [2.24, 2.45) is 23.7 Å². The van der Waals surface area contributed by atoms with E-state index in [1.54, 1.807) is 12.1 Å². The first kappa shape index (κ1) is 17.4. The van der Waals surface area contributed by atoms with Gasteiger partial charge >= 0.3 is 11.9 Å². The Morgan fingerprint density at radius 1 is 1.00 bits per heavy atom. The number of rotatable bonds is 3. The van der Waals surface area contributed by atoms with Gasteiger partial charge in [0.05, 0.1) is 25.4 Å². The largest absolute Gasteiger partial charge is 0.466 e. The second kappa shape index (κ2) is 5.36. The third-order valence-electron chi connectivity index (χ3n) is 7.96. The fourth-order valence-corrected chi connectivity index (χ4v) is 7.19. The summed E-state index contributed by atoms with van der Waals surface area (Å²) in [6.07, 6.45) is 5.25. The van der Waals surface area contributed by atoms with Gasteiger partial charge in [0.1, 0.15) is 17.0 Å². The summed E-state index contributed by atoms with van der Waals surface area (Å²) < 4.78 is 30.1. The van der Waals surface area contributed by atoms with E-state index in [4.69, 9.17) is 14.2 Å². The fraction of sp³-hybridized carbons (Fsp3) is 0.478. The standard InChI is InChI=1S/C23H21FO5/c1-27-20(25)16-17(21(26)28-2)19-15(9-11-3-7-14(24)8-4-11)18(16)22-12-5-6-13(10-12)23(19,22)29-22/h3-4,7-9,12-13,18-19H,5-6,10H2,1-2H3/t12-,13-,18+,19+,22-,23-/m0/s1. The maximum atomic E-state index is 13.4. The van der Waals surface area contributed by atoms with Crippen molar-refractivity contribution in [2.45, 2.75) is 30.5 Å². The molecule has 1 aromatic rings. The highest BCUT2D eigenvalue weighted by Crippen LogP contribution is 2.86. The Morgan fingerprint density at radius 3 is 2.00 bits per heavy atom. The van der Waals surface area contributed by atoms with E-state index in [-0.39, 0.29) is 17.7 Å². The molecule has 4 bridgehead atoms. The zero-order valence-corrected chi connectivity index (χ0v) is 16.2. The Morgan fingerprint density at radius 2 is 1.52 bits per heavy atom. The first-order valence-corrected chi connectivity index (χ1v) is 10.1. The first-order valence-electron chi connectivity index (χ1n) is 10.1. The van der Waals surface area contributed by atoms with Gasteiger partial charge in [-0.15, -0.1) is 0 Å². The molecule has 1 saturated heterocycles. The Hall–Kier alpha value is -2.47. The van der Waals surface area contributed by atoms with Crippen LogP contribution in [0.3, 0.4) is 0 Å². The molecule has 150 valence electrons. The third kappa shape index (κ3) is 1.76. The first-order chi connectivity index (χ1) is 14.0. The minimum absolute atomic E-state index is 0.302. The summed E-state index contributed by atoms with van der Waals surface area (Å²) in [7, 11) is 2.66. The van der Waals surface area contributed by atoms with Crippen LogP contribution in [0.5, 0.6) is 0 Å². The number of hydrogen-bond donors (Lipinski definition) is 0. The van der Waals surface area contributed by atoms with Crippen LogP contribution in [0.1, 0.15) is 24.8 Å². The highest BCUT2D eigenvalue weighted by Gasteiger charge is 2.94. The molecule has 5 aliphatic rings. The van der Waals surface area contributed by atoms with Crippen molar-refractivity contribution in [1.29, 1.82) is 0 Å². The number of ether oxygens (including phenoxy) is 3. The van der Waals surface area contributed by atoms with Crippen molar-refractivity contribution in [3.05, 3.63) is 52.4 Å². The van der Waals surface area contributed by atoms with Crippen molar-refractivity contribution in [3.63, 3.8) is 0 Å². The number of carbonyl (C=O) groups excluding carboxylic acids is 2. The van der Waals surface area contributed by atoms with Crippen LogP contribution in [-0.4, -0.2) is 37.4 Å². The van der Waals surface area contributed by atoms with E-state index in [2.05, 4.69) is 0 Å². The number of methoxy groups -OCH3 is 2. The number of hydrogen-bond acceptors (Lipinski definition) is 5. The van der Waals surface area contributed by atoms with Gasteiger partial charge in [0, 0.05) is 11.8 Å². The molecule has 6 atom stereocenters. The lowest BCUT2D eigenvalue weighted by Gasteiger charge is -2.29. The Kier molecular flexibility index (Phi) is 3.22. The molecule has 1 heterocycles. The predicted octanol–water partition coefficient (Wildman–Crippen LogP) is 3.05. The second-order valence-electron chi connectivity index (χ2n) is 8.77. The van der Waals surface area contributed by atoms with Gasteiger partial charge in [-0.25, -0.2) is 14.0 Å². The van der Waals surface area contributed by atoms with E-state index in [9.17, 15) is 14.0 Å². The summed E-state index contributed by atoms with van der Waals surface area (Å²) in [5.41, 5.74) is 1.80. The molecule has 0 amide bonds. The van der Waals surface area contributed by atoms with Gasteiger partial charge in [0.2, 0.25) is 0 Å². The SMILES string of the molecule is COC(=O)C1=C(C(=O)OC)[C@H]2C(=Cc3ccc(F)cc3)[C@H]1[C@]13O[C@@]21[C@H]1CC[C@H]3C1. The van der Waals surface area contributed by atoms with Crippen molar-refractivity contribution < 1.29 is 28.2 Å². The summed E-state index contributed by atoms with van der Waals surface area (Å²) in [6.45, 7) is 0. The zero-order chi connectivity index (χ0) is 20.1. The fourth-order valence-electron chi connectivity index (χ4n) is 7.19. The Bertz CT molecular complexity index is 970. The molecule has 0 unspecified atom stereocenters. The van der Waals surface area contributed by atoms with Gasteiger partial charge in [-0.05, 0) is 54.4 Å². The topological polar surface area (TPSA) is 65.1 Å². The van der Waals surface area contributed by atoms with Crippen LogP contribution >= 0.6 is 0 Å². The van der Waals surface area contributed by atoms with E-state index in [1.807, 2.05) is 6.08 Å². The lowest BCUT2D eigenvalue weighted by molar-refractivity contribution is -0.140. The van der Waals surface area contributed by atoms with E-state index in [1.165, 1.54) is 26.4 Å². The molecule has 0 aromatic heterocycles. The summed E-state index contributed by atoms with van der Waals surface area (Å²) in [5.74, 6) is -1.14. The number of epoxide rings is 1. The lowest BCUT2D eigenvalue weighted by Crippen LogP contribution is -2.42. The molecule has 4 fully saturated rings. The Labute approximate surface area is 167 Å². The summed E-state index contributed by atoms with van der Waals surface area (Å²) >= 11 is 0. The Balaban J connectivity index is 1.57. The van der Waals surface area contributed by atoms with Gasteiger partial charge in [0.25, 0.3) is 0 Å². The number of halogens is 1. The number of benzene rings is 1. The second-order valence-corrected chi connectivity index (χ2v) is 8.77. The van der Waals surface area contributed by atoms with Crippen LogP contribution in [0.2, 0.25) is 0 Å². The van der Waals surface area contributed by atoms with Crippen LogP contribution in [0.15, 0.2) is 41.0 Å². The van der Waals surface area contributed by atoms with E-state index < -0.39 is 23.1 Å². The zero-order valence-electron chi connectivity index (χ0n) is 16.2. The molecule has 3 saturated carbocycles. The van der Waals surface area contributed by atoms with Crippen molar-refractivity contribution in [3.8, 4) is 0 Å². The molecule has 6 rings (SSSR count). The van der Waals surface area contributed by atoms with Crippen LogP contribution in [0, 0.1) is 29.5 Å². The van der Waals surface area contributed by atoms with Gasteiger partial charge in [-0.3, -0.25) is 0 Å². The molecule has 5 nitrogen and oxygen atoms in total. The van der Waals surface area contributed by atoms with Gasteiger partial charge in [-0.1, -0.05) is 18.2 Å². The summed E-state index contributed by atoms with van der Waals surface area (Å²) in [6, 6.07) is 6.25. The van der Waals surface area contributed by atoms with Crippen LogP contribution < -0.4 is 0 Å². The van der Waals surface area contributed by atoms with Crippen LogP contribution in [0.25, 0.3) is 6.08 Å². The molecular weight excluding hydrogens is 375 g/mol. The molecule has 1 aliphatic heterocycles. The van der Waals surface area contributed by atoms with Crippen molar-refractivity contribution in [1.82, 2.24) is 0 Å². The highest BCUT2D eigenvalue weighted by atomic mass is 19.1. The number of esters is 2. The third-order valence-corrected chi connectivity index (χ3v) is 7.96. The molecular formula is C23H21FO5. The van der Waals surface area contributed by atoms with Gasteiger partial charge in [-0.2, -0.15) is 0 Å².